The maximum absolute atomic E-state index is 14.6. The number of alkyl halides is 2. The van der Waals surface area contributed by atoms with E-state index in [0.717, 1.165) is 36.7 Å². The molecule has 1 fully saturated rings. The number of nitrogens with zero attached hydrogens (tertiary/aromatic N) is 3. The van der Waals surface area contributed by atoms with Crippen molar-refractivity contribution in [3.05, 3.63) is 77.8 Å². The lowest BCUT2D eigenvalue weighted by molar-refractivity contribution is -0.0521. The highest BCUT2D eigenvalue weighted by molar-refractivity contribution is 5.96. The van der Waals surface area contributed by atoms with Crippen LogP contribution in [0.25, 0.3) is 16.6 Å². The zero-order chi connectivity index (χ0) is 22.2. The van der Waals surface area contributed by atoms with Crippen molar-refractivity contribution < 1.29 is 17.9 Å². The highest BCUT2D eigenvalue weighted by Crippen LogP contribution is 2.44. The lowest BCUT2D eigenvalue weighted by atomic mass is 9.92. The minimum atomic E-state index is -3.14. The van der Waals surface area contributed by atoms with Gasteiger partial charge in [-0.15, -0.1) is 0 Å². The number of rotatable bonds is 5. The van der Waals surface area contributed by atoms with E-state index in [1.165, 1.54) is 6.07 Å². The van der Waals surface area contributed by atoms with Crippen LogP contribution in [-0.4, -0.2) is 17.7 Å². The van der Waals surface area contributed by atoms with Gasteiger partial charge in [-0.2, -0.15) is 14.0 Å². The van der Waals surface area contributed by atoms with Gasteiger partial charge in [-0.05, 0) is 43.5 Å². The Labute approximate surface area is 183 Å². The number of benzene rings is 2. The molecule has 7 heteroatoms. The maximum Gasteiger partial charge on any atom is 0.387 e. The van der Waals surface area contributed by atoms with E-state index in [9.17, 15) is 18.4 Å². The van der Waals surface area contributed by atoms with Crippen molar-refractivity contribution in [3.8, 4) is 11.8 Å². The van der Waals surface area contributed by atoms with Gasteiger partial charge >= 0.3 is 6.61 Å². The molecule has 4 nitrogen and oxygen atoms in total. The molecule has 0 bridgehead atoms. The maximum atomic E-state index is 14.6. The van der Waals surface area contributed by atoms with Crippen LogP contribution in [0.4, 0.5) is 18.9 Å². The monoisotopic (exact) mass is 435 g/mol. The van der Waals surface area contributed by atoms with Gasteiger partial charge in [0.2, 0.25) is 0 Å². The lowest BCUT2D eigenvalue weighted by Gasteiger charge is -2.34. The van der Waals surface area contributed by atoms with Gasteiger partial charge in [0.15, 0.2) is 11.6 Å². The van der Waals surface area contributed by atoms with E-state index in [4.69, 9.17) is 0 Å². The van der Waals surface area contributed by atoms with Gasteiger partial charge < -0.3 is 14.2 Å². The van der Waals surface area contributed by atoms with Crippen LogP contribution >= 0.6 is 0 Å². The Morgan fingerprint density at radius 2 is 1.91 bits per heavy atom. The molecule has 1 aromatic heterocycles. The third-order valence-corrected chi connectivity index (χ3v) is 6.10. The van der Waals surface area contributed by atoms with Gasteiger partial charge in [0.1, 0.15) is 6.07 Å². The molecule has 2 aliphatic rings. The van der Waals surface area contributed by atoms with Crippen LogP contribution in [0.3, 0.4) is 0 Å². The molecular weight excluding hydrogens is 415 g/mol. The van der Waals surface area contributed by atoms with Gasteiger partial charge in [-0.3, -0.25) is 0 Å². The number of nitriles is 1. The standard InChI is InChI=1S/C25H20F3N3O/c26-20-13-18-19(15-29)24(21-11-4-5-12-30(21)16-7-2-1-3-8-16)31(17-9-6-10-17)22(18)14-23(20)32-25(27)28/h1-5,7-8,11,13-14,17,25H,6,9-10,12H2. The summed E-state index contributed by atoms with van der Waals surface area (Å²) in [5, 5.41) is 10.5. The molecule has 0 spiro atoms. The molecule has 0 radical (unpaired) electrons. The lowest BCUT2D eigenvalue weighted by Crippen LogP contribution is -2.27. The van der Waals surface area contributed by atoms with E-state index in [-0.39, 0.29) is 6.04 Å². The van der Waals surface area contributed by atoms with Gasteiger partial charge in [-0.25, -0.2) is 4.39 Å². The fraction of sp³-hybridized carbons (Fsp3) is 0.240. The van der Waals surface area contributed by atoms with Crippen molar-refractivity contribution in [3.63, 3.8) is 0 Å². The molecule has 5 rings (SSSR count). The number of para-hydroxylation sites is 1. The first kappa shape index (κ1) is 20.3. The third-order valence-electron chi connectivity index (χ3n) is 6.10. The molecule has 1 saturated carbocycles. The number of halogens is 3. The summed E-state index contributed by atoms with van der Waals surface area (Å²) >= 11 is 0. The van der Waals surface area contributed by atoms with Crippen molar-refractivity contribution in [2.24, 2.45) is 0 Å². The average Bonchev–Trinajstić information content (AvgIpc) is 3.06. The summed E-state index contributed by atoms with van der Waals surface area (Å²) in [7, 11) is 0. The van der Waals surface area contributed by atoms with Crippen LogP contribution in [0.1, 0.15) is 36.6 Å². The second-order valence-electron chi connectivity index (χ2n) is 7.89. The van der Waals surface area contributed by atoms with E-state index in [2.05, 4.69) is 15.7 Å². The van der Waals surface area contributed by atoms with Crippen LogP contribution in [0.15, 0.2) is 60.7 Å². The predicted octanol–water partition coefficient (Wildman–Crippen LogP) is 6.40. The van der Waals surface area contributed by atoms with E-state index in [0.29, 0.717) is 28.7 Å². The number of hydrogen-bond acceptors (Lipinski definition) is 3. The van der Waals surface area contributed by atoms with E-state index in [1.807, 2.05) is 53.1 Å². The van der Waals surface area contributed by atoms with Gasteiger partial charge in [-0.1, -0.05) is 30.4 Å². The summed E-state index contributed by atoms with van der Waals surface area (Å²) < 4.78 is 46.7. The number of allylic oxidation sites excluding steroid dienone is 2. The number of ether oxygens (including phenoxy) is 1. The number of fused-ring (bicyclic) bond motifs is 1. The second kappa shape index (κ2) is 8.12. The summed E-state index contributed by atoms with van der Waals surface area (Å²) in [6, 6.07) is 14.6. The van der Waals surface area contributed by atoms with Gasteiger partial charge in [0, 0.05) is 29.7 Å². The average molecular weight is 435 g/mol. The van der Waals surface area contributed by atoms with Crippen molar-refractivity contribution in [2.45, 2.75) is 31.9 Å². The number of anilines is 1. The van der Waals surface area contributed by atoms with Crippen LogP contribution in [0.5, 0.6) is 5.75 Å². The Kier molecular flexibility index (Phi) is 5.14. The van der Waals surface area contributed by atoms with Crippen LogP contribution in [0.2, 0.25) is 0 Å². The normalized spacial score (nSPS) is 16.2. The molecule has 162 valence electrons. The Hall–Kier alpha value is -3.66. The van der Waals surface area contributed by atoms with Crippen molar-refractivity contribution in [1.82, 2.24) is 4.57 Å². The van der Waals surface area contributed by atoms with E-state index >= 15 is 0 Å². The second-order valence-corrected chi connectivity index (χ2v) is 7.89. The van der Waals surface area contributed by atoms with Crippen LogP contribution < -0.4 is 9.64 Å². The number of aromatic nitrogens is 1. The first-order chi connectivity index (χ1) is 15.6. The Balaban J connectivity index is 1.77. The quantitative estimate of drug-likeness (QED) is 0.466. The largest absolute Gasteiger partial charge is 0.432 e. The first-order valence-electron chi connectivity index (χ1n) is 10.5. The molecule has 0 unspecified atom stereocenters. The summed E-state index contributed by atoms with van der Waals surface area (Å²) in [5.74, 6) is -1.43. The minimum absolute atomic E-state index is 0.101. The van der Waals surface area contributed by atoms with E-state index in [1.54, 1.807) is 0 Å². The summed E-state index contributed by atoms with van der Waals surface area (Å²) in [4.78, 5) is 2.09. The van der Waals surface area contributed by atoms with Crippen molar-refractivity contribution >= 4 is 22.3 Å². The highest BCUT2D eigenvalue weighted by Gasteiger charge is 2.32. The third kappa shape index (κ3) is 3.32. The fourth-order valence-electron chi connectivity index (χ4n) is 4.46. The summed E-state index contributed by atoms with van der Waals surface area (Å²) in [6.45, 7) is -2.52. The smallest absolute Gasteiger partial charge is 0.387 e. The van der Waals surface area contributed by atoms with Crippen LogP contribution in [0, 0.1) is 17.1 Å². The highest BCUT2D eigenvalue weighted by atomic mass is 19.3. The molecule has 0 N–H and O–H groups in total. The molecule has 1 aliphatic heterocycles. The molecule has 2 aromatic carbocycles. The van der Waals surface area contributed by atoms with Gasteiger partial charge in [0.25, 0.3) is 0 Å². The molecule has 0 amide bonds. The Morgan fingerprint density at radius 3 is 2.56 bits per heavy atom. The molecular formula is C25H20F3N3O. The number of hydrogen-bond donors (Lipinski definition) is 0. The molecule has 0 atom stereocenters. The first-order valence-corrected chi connectivity index (χ1v) is 10.5. The summed E-state index contributed by atoms with van der Waals surface area (Å²) in [6.07, 6.45) is 8.73. The van der Waals surface area contributed by atoms with Gasteiger partial charge in [0.05, 0.1) is 22.5 Å². The molecule has 32 heavy (non-hydrogen) atoms. The minimum Gasteiger partial charge on any atom is -0.432 e. The topological polar surface area (TPSA) is 41.2 Å². The molecule has 2 heterocycles. The zero-order valence-electron chi connectivity index (χ0n) is 17.1. The molecule has 3 aromatic rings. The predicted molar refractivity (Wildman–Crippen MR) is 117 cm³/mol. The summed E-state index contributed by atoms with van der Waals surface area (Å²) in [5.41, 5.74) is 3.31. The molecule has 0 saturated heterocycles. The molecule has 1 aliphatic carbocycles. The Bertz CT molecular complexity index is 1270. The zero-order valence-corrected chi connectivity index (χ0v) is 17.1. The van der Waals surface area contributed by atoms with E-state index < -0.39 is 18.2 Å². The Morgan fingerprint density at radius 1 is 1.12 bits per heavy atom. The fourth-order valence-corrected chi connectivity index (χ4v) is 4.46. The van der Waals surface area contributed by atoms with Crippen LogP contribution in [-0.2, 0) is 0 Å². The van der Waals surface area contributed by atoms with Crippen molar-refractivity contribution in [1.29, 1.82) is 5.26 Å². The van der Waals surface area contributed by atoms with Crippen molar-refractivity contribution in [2.75, 3.05) is 11.4 Å². The SMILES string of the molecule is N#Cc1c(C2=CC=CCN2c2ccccc2)n(C2CCC2)c2cc(OC(F)F)c(F)cc12.